The van der Waals surface area contributed by atoms with Gasteiger partial charge in [-0.1, -0.05) is 13.0 Å². The maximum Gasteiger partial charge on any atom is 0.161 e. The summed E-state index contributed by atoms with van der Waals surface area (Å²) in [7, 11) is 3.84. The predicted octanol–water partition coefficient (Wildman–Crippen LogP) is 0.820. The number of piperazine rings is 2. The van der Waals surface area contributed by atoms with E-state index in [2.05, 4.69) is 45.7 Å². The van der Waals surface area contributed by atoms with E-state index >= 15 is 0 Å². The molecule has 2 heterocycles. The van der Waals surface area contributed by atoms with E-state index in [9.17, 15) is 5.11 Å². The highest BCUT2D eigenvalue weighted by Gasteiger charge is 2.19. The molecule has 0 bridgehead atoms. The molecule has 0 radical (unpaired) electrons. The minimum Gasteiger partial charge on any atom is -0.493 e. The number of β-amino-alcohol motifs (C(OH)–C–C–N with tert-alkyl or cyclic N) is 1. The molecule has 7 heteroatoms. The number of hydrogen-bond donors (Lipinski definition) is 1. The van der Waals surface area contributed by atoms with Gasteiger partial charge in [0.05, 0.1) is 7.11 Å². The van der Waals surface area contributed by atoms with Gasteiger partial charge in [0.2, 0.25) is 0 Å². The molecule has 1 aromatic rings. The van der Waals surface area contributed by atoms with Gasteiger partial charge in [0.25, 0.3) is 0 Å². The van der Waals surface area contributed by atoms with Crippen LogP contribution in [-0.2, 0) is 6.54 Å². The van der Waals surface area contributed by atoms with Gasteiger partial charge in [-0.2, -0.15) is 0 Å². The molecular weight excluding hydrogens is 368 g/mol. The lowest BCUT2D eigenvalue weighted by Gasteiger charge is -2.34. The Labute approximate surface area is 175 Å². The Morgan fingerprint density at radius 3 is 2.24 bits per heavy atom. The molecule has 7 nitrogen and oxygen atoms in total. The fourth-order valence-corrected chi connectivity index (χ4v) is 4.02. The third kappa shape index (κ3) is 6.83. The van der Waals surface area contributed by atoms with Crippen molar-refractivity contribution < 1.29 is 14.6 Å². The highest BCUT2D eigenvalue weighted by atomic mass is 16.5. The summed E-state index contributed by atoms with van der Waals surface area (Å²) in [5.74, 6) is 1.44. The van der Waals surface area contributed by atoms with E-state index in [1.54, 1.807) is 7.11 Å². The van der Waals surface area contributed by atoms with Gasteiger partial charge in [0.1, 0.15) is 12.7 Å². The summed E-state index contributed by atoms with van der Waals surface area (Å²) in [4.78, 5) is 9.59. The summed E-state index contributed by atoms with van der Waals surface area (Å²) in [5, 5.41) is 10.4. The molecule has 2 saturated heterocycles. The number of methoxy groups -OCH3 is 1. The first-order chi connectivity index (χ1) is 14.1. The second-order valence-electron chi connectivity index (χ2n) is 8.26. The van der Waals surface area contributed by atoms with Crippen molar-refractivity contribution in [3.05, 3.63) is 23.8 Å². The van der Waals surface area contributed by atoms with Crippen LogP contribution in [0.3, 0.4) is 0 Å². The molecule has 1 aromatic carbocycles. The number of likely N-dealkylation sites (N-methyl/N-ethyl adjacent to an activating group) is 2. The van der Waals surface area contributed by atoms with E-state index in [-0.39, 0.29) is 6.61 Å². The minimum absolute atomic E-state index is 0.280. The number of hydrogen-bond acceptors (Lipinski definition) is 7. The van der Waals surface area contributed by atoms with Crippen molar-refractivity contribution in [1.29, 1.82) is 0 Å². The van der Waals surface area contributed by atoms with Gasteiger partial charge in [-0.3, -0.25) is 9.80 Å². The summed E-state index contributed by atoms with van der Waals surface area (Å²) < 4.78 is 11.4. The van der Waals surface area contributed by atoms with E-state index in [1.165, 1.54) is 5.56 Å². The molecule has 2 aliphatic heterocycles. The van der Waals surface area contributed by atoms with Crippen molar-refractivity contribution in [3.8, 4) is 11.5 Å². The van der Waals surface area contributed by atoms with E-state index in [4.69, 9.17) is 9.47 Å². The minimum atomic E-state index is -0.502. The fraction of sp³-hybridized carbons (Fsp3) is 0.727. The molecule has 164 valence electrons. The zero-order chi connectivity index (χ0) is 20.6. The maximum absolute atomic E-state index is 10.4. The van der Waals surface area contributed by atoms with E-state index in [0.717, 1.165) is 71.2 Å². The van der Waals surface area contributed by atoms with Gasteiger partial charge in [-0.25, -0.2) is 0 Å². The van der Waals surface area contributed by atoms with Gasteiger partial charge in [0.15, 0.2) is 11.5 Å². The maximum atomic E-state index is 10.4. The lowest BCUT2D eigenvalue weighted by molar-refractivity contribution is 0.0464. The Balaban J connectivity index is 1.46. The van der Waals surface area contributed by atoms with Crippen molar-refractivity contribution in [3.63, 3.8) is 0 Å². The monoisotopic (exact) mass is 406 g/mol. The summed E-state index contributed by atoms with van der Waals surface area (Å²) in [6.07, 6.45) is -0.502. The standard InChI is InChI=1S/C22H38N4O3/c1-4-24-11-13-26(14-12-24)17-20(27)18-29-21-6-5-19(15-22(21)28-3)16-25-9-7-23(2)8-10-25/h5-6,15,20,27H,4,7-14,16-18H2,1-3H3. The SMILES string of the molecule is CCN1CCN(CC(O)COc2ccc(CN3CCN(C)CC3)cc2OC)CC1. The second-order valence-corrected chi connectivity index (χ2v) is 8.26. The summed E-state index contributed by atoms with van der Waals surface area (Å²) in [6.45, 7) is 13.7. The summed E-state index contributed by atoms with van der Waals surface area (Å²) >= 11 is 0. The highest BCUT2D eigenvalue weighted by molar-refractivity contribution is 5.43. The van der Waals surface area contributed by atoms with Crippen LogP contribution in [0.15, 0.2) is 18.2 Å². The third-order valence-electron chi connectivity index (χ3n) is 6.04. The number of ether oxygens (including phenoxy) is 2. The van der Waals surface area contributed by atoms with Crippen LogP contribution >= 0.6 is 0 Å². The smallest absolute Gasteiger partial charge is 0.161 e. The van der Waals surface area contributed by atoms with Gasteiger partial charge in [-0.05, 0) is 31.3 Å². The molecule has 1 atom stereocenters. The zero-order valence-electron chi connectivity index (χ0n) is 18.3. The summed E-state index contributed by atoms with van der Waals surface area (Å²) in [5.41, 5.74) is 1.23. The van der Waals surface area contributed by atoms with Crippen molar-refractivity contribution in [1.82, 2.24) is 19.6 Å². The molecule has 0 amide bonds. The van der Waals surface area contributed by atoms with E-state index < -0.39 is 6.10 Å². The van der Waals surface area contributed by atoms with Crippen molar-refractivity contribution in [2.45, 2.75) is 19.6 Å². The van der Waals surface area contributed by atoms with Crippen LogP contribution in [-0.4, -0.2) is 117 Å². The highest BCUT2D eigenvalue weighted by Crippen LogP contribution is 2.29. The molecule has 0 saturated carbocycles. The topological polar surface area (TPSA) is 51.7 Å². The van der Waals surface area contributed by atoms with Crippen LogP contribution in [0.1, 0.15) is 12.5 Å². The number of aliphatic hydroxyl groups excluding tert-OH is 1. The Morgan fingerprint density at radius 1 is 0.931 bits per heavy atom. The van der Waals surface area contributed by atoms with Crippen molar-refractivity contribution in [2.75, 3.05) is 86.2 Å². The van der Waals surface area contributed by atoms with Crippen LogP contribution < -0.4 is 9.47 Å². The number of rotatable bonds is 9. The van der Waals surface area contributed by atoms with Crippen molar-refractivity contribution in [2.24, 2.45) is 0 Å². The normalized spacial score (nSPS) is 21.2. The van der Waals surface area contributed by atoms with Crippen LogP contribution in [0.4, 0.5) is 0 Å². The van der Waals surface area contributed by atoms with E-state index in [1.807, 2.05) is 6.07 Å². The molecule has 0 aliphatic carbocycles. The molecule has 0 spiro atoms. The Bertz CT molecular complexity index is 614. The van der Waals surface area contributed by atoms with Crippen LogP contribution in [0.5, 0.6) is 11.5 Å². The van der Waals surface area contributed by atoms with Gasteiger partial charge >= 0.3 is 0 Å². The molecule has 29 heavy (non-hydrogen) atoms. The Hall–Kier alpha value is -1.38. The largest absolute Gasteiger partial charge is 0.493 e. The molecule has 2 fully saturated rings. The number of nitrogens with zero attached hydrogens (tertiary/aromatic N) is 4. The number of aliphatic hydroxyl groups is 1. The first-order valence-electron chi connectivity index (χ1n) is 10.9. The second kappa shape index (κ2) is 11.1. The molecule has 0 aromatic heterocycles. The quantitative estimate of drug-likeness (QED) is 0.652. The van der Waals surface area contributed by atoms with Crippen LogP contribution in [0.25, 0.3) is 0 Å². The molecule has 1 unspecified atom stereocenters. The van der Waals surface area contributed by atoms with Gasteiger partial charge in [-0.15, -0.1) is 0 Å². The predicted molar refractivity (Wildman–Crippen MR) is 116 cm³/mol. The molecule has 3 rings (SSSR count). The average Bonchev–Trinajstić information content (AvgIpc) is 2.75. The lowest BCUT2D eigenvalue weighted by atomic mass is 10.1. The van der Waals surface area contributed by atoms with Crippen LogP contribution in [0, 0.1) is 0 Å². The zero-order valence-corrected chi connectivity index (χ0v) is 18.3. The first kappa shape index (κ1) is 22.3. The van der Waals surface area contributed by atoms with Crippen molar-refractivity contribution >= 4 is 0 Å². The van der Waals surface area contributed by atoms with Crippen LogP contribution in [0.2, 0.25) is 0 Å². The fourth-order valence-electron chi connectivity index (χ4n) is 4.02. The third-order valence-corrected chi connectivity index (χ3v) is 6.04. The lowest BCUT2D eigenvalue weighted by Crippen LogP contribution is -2.49. The number of benzene rings is 1. The Morgan fingerprint density at radius 2 is 1.59 bits per heavy atom. The first-order valence-corrected chi connectivity index (χ1v) is 10.9. The van der Waals surface area contributed by atoms with Gasteiger partial charge in [0, 0.05) is 65.4 Å². The molecular formula is C22H38N4O3. The van der Waals surface area contributed by atoms with Gasteiger partial charge < -0.3 is 24.4 Å². The Kier molecular flexibility index (Phi) is 8.56. The van der Waals surface area contributed by atoms with E-state index in [0.29, 0.717) is 12.3 Å². The average molecular weight is 407 g/mol. The summed E-state index contributed by atoms with van der Waals surface area (Å²) in [6, 6.07) is 6.13. The molecule has 2 aliphatic rings. The molecule has 1 N–H and O–H groups in total.